The number of nitrogens with one attached hydrogen (secondary N) is 1. The number of aliphatic hydroxyl groups excluding tert-OH is 1. The number of phenols is 1. The summed E-state index contributed by atoms with van der Waals surface area (Å²) in [5, 5.41) is 22.5. The lowest BCUT2D eigenvalue weighted by Crippen LogP contribution is -2.37. The van der Waals surface area contributed by atoms with Gasteiger partial charge in [-0.15, -0.1) is 0 Å². The van der Waals surface area contributed by atoms with Crippen LogP contribution >= 0.6 is 0 Å². The molecule has 5 rings (SSSR count). The van der Waals surface area contributed by atoms with Crippen LogP contribution in [0.4, 0.5) is 5.69 Å². The van der Waals surface area contributed by atoms with Crippen LogP contribution in [0.1, 0.15) is 42.4 Å². The van der Waals surface area contributed by atoms with E-state index in [1.165, 1.54) is 28.3 Å². The van der Waals surface area contributed by atoms with E-state index in [1.54, 1.807) is 18.2 Å². The summed E-state index contributed by atoms with van der Waals surface area (Å²) < 4.78 is 12.1. The molecule has 3 aromatic carbocycles. The summed E-state index contributed by atoms with van der Waals surface area (Å²) in [6, 6.07) is 21.4. The second kappa shape index (κ2) is 10.6. The minimum absolute atomic E-state index is 0.0142. The van der Waals surface area contributed by atoms with E-state index < -0.39 is 12.2 Å². The molecule has 1 heterocycles. The highest BCUT2D eigenvalue weighted by atomic mass is 16.7. The Morgan fingerprint density at radius 3 is 2.64 bits per heavy atom. The minimum Gasteiger partial charge on any atom is -0.506 e. The van der Waals surface area contributed by atoms with Gasteiger partial charge in [0.25, 0.3) is 5.91 Å². The van der Waals surface area contributed by atoms with Crippen LogP contribution in [0.5, 0.6) is 5.75 Å². The summed E-state index contributed by atoms with van der Waals surface area (Å²) in [6.45, 7) is 2.41. The fourth-order valence-electron chi connectivity index (χ4n) is 5.38. The number of aliphatic hydroxyl groups is 1. The molecule has 6 heteroatoms. The molecular formula is C30H31NO5. The predicted molar refractivity (Wildman–Crippen MR) is 139 cm³/mol. The Bertz CT molecular complexity index is 1280. The smallest absolute Gasteiger partial charge is 0.290 e. The first-order valence-electron chi connectivity index (χ1n) is 12.5. The Kier molecular flexibility index (Phi) is 7.07. The van der Waals surface area contributed by atoms with Crippen LogP contribution in [-0.2, 0) is 20.7 Å². The van der Waals surface area contributed by atoms with Gasteiger partial charge in [0.1, 0.15) is 5.75 Å². The average molecular weight is 486 g/mol. The van der Waals surface area contributed by atoms with Gasteiger partial charge in [0.15, 0.2) is 5.76 Å². The highest BCUT2D eigenvalue weighted by molar-refractivity contribution is 6.03. The second-order valence-corrected chi connectivity index (χ2v) is 9.21. The third-order valence-electron chi connectivity index (χ3n) is 7.03. The van der Waals surface area contributed by atoms with E-state index in [1.807, 2.05) is 13.0 Å². The standard InChI is InChI=1S/C30H31NO5/c1-2-35-30-23(13-8-16-32)25(18-28(36-30)29(34)31-26-14-5-6-15-27(26)33)22-12-7-11-21-20-10-4-3-9-19(20)17-24(21)22/h3-7,9-12,14-15,18,23,25,30,32-33H,2,8,13,16-17H2,1H3,(H,31,34)/t23-,25+,30+/m0/s1. The van der Waals surface area contributed by atoms with Crippen LogP contribution in [0.15, 0.2) is 78.6 Å². The number of rotatable bonds is 8. The van der Waals surface area contributed by atoms with Gasteiger partial charge >= 0.3 is 0 Å². The number of para-hydroxylation sites is 2. The van der Waals surface area contributed by atoms with Crippen molar-refractivity contribution in [2.75, 3.05) is 18.5 Å². The maximum atomic E-state index is 13.3. The molecule has 2 aliphatic rings. The second-order valence-electron chi connectivity index (χ2n) is 9.21. The number of ether oxygens (including phenoxy) is 2. The van der Waals surface area contributed by atoms with Gasteiger partial charge in [-0.1, -0.05) is 54.6 Å². The summed E-state index contributed by atoms with van der Waals surface area (Å²) in [5.41, 5.74) is 6.48. The Morgan fingerprint density at radius 1 is 1.06 bits per heavy atom. The molecule has 0 spiro atoms. The molecule has 3 aromatic rings. The summed E-state index contributed by atoms with van der Waals surface area (Å²) in [6.07, 6.45) is 3.37. The van der Waals surface area contributed by atoms with Gasteiger partial charge in [-0.05, 0) is 72.2 Å². The summed E-state index contributed by atoms with van der Waals surface area (Å²) in [7, 11) is 0. The first-order chi connectivity index (χ1) is 17.6. The van der Waals surface area contributed by atoms with Crippen LogP contribution < -0.4 is 5.32 Å². The van der Waals surface area contributed by atoms with Crippen molar-refractivity contribution in [3.05, 3.63) is 95.3 Å². The monoisotopic (exact) mass is 485 g/mol. The Labute approximate surface area is 211 Å². The zero-order valence-electron chi connectivity index (χ0n) is 20.3. The molecule has 1 aliphatic carbocycles. The number of aromatic hydroxyl groups is 1. The van der Waals surface area contributed by atoms with Gasteiger partial charge in [-0.25, -0.2) is 0 Å². The highest BCUT2D eigenvalue weighted by Gasteiger charge is 2.39. The lowest BCUT2D eigenvalue weighted by Gasteiger charge is -2.37. The number of benzene rings is 3. The molecule has 6 nitrogen and oxygen atoms in total. The van der Waals surface area contributed by atoms with Crippen molar-refractivity contribution in [2.24, 2.45) is 5.92 Å². The molecule has 3 N–H and O–H groups in total. The minimum atomic E-state index is -0.638. The fraction of sp³-hybridized carbons (Fsp3) is 0.300. The van der Waals surface area contributed by atoms with Crippen molar-refractivity contribution in [3.8, 4) is 16.9 Å². The van der Waals surface area contributed by atoms with Crippen LogP contribution in [-0.4, -0.2) is 35.6 Å². The normalized spacial score (nSPS) is 20.2. The van der Waals surface area contributed by atoms with Crippen molar-refractivity contribution in [1.82, 2.24) is 0 Å². The van der Waals surface area contributed by atoms with Crippen molar-refractivity contribution in [3.63, 3.8) is 0 Å². The largest absolute Gasteiger partial charge is 0.506 e. The number of fused-ring (bicyclic) bond motifs is 3. The number of hydrogen-bond donors (Lipinski definition) is 3. The third-order valence-corrected chi connectivity index (χ3v) is 7.03. The molecule has 0 saturated carbocycles. The molecule has 3 atom stereocenters. The van der Waals surface area contributed by atoms with E-state index in [4.69, 9.17) is 9.47 Å². The first kappa shape index (κ1) is 24.1. The molecule has 0 bridgehead atoms. The average Bonchev–Trinajstić information content (AvgIpc) is 3.28. The lowest BCUT2D eigenvalue weighted by atomic mass is 9.78. The molecule has 0 radical (unpaired) electrons. The summed E-state index contributed by atoms with van der Waals surface area (Å²) in [5.74, 6) is -0.511. The molecule has 0 saturated heterocycles. The first-order valence-corrected chi connectivity index (χ1v) is 12.5. The van der Waals surface area contributed by atoms with Crippen molar-refractivity contribution in [2.45, 2.75) is 38.4 Å². The number of amides is 1. The summed E-state index contributed by atoms with van der Waals surface area (Å²) >= 11 is 0. The molecule has 0 unspecified atom stereocenters. The number of hydrogen-bond acceptors (Lipinski definition) is 5. The van der Waals surface area contributed by atoms with Gasteiger partial charge in [0.2, 0.25) is 6.29 Å². The van der Waals surface area contributed by atoms with Crippen LogP contribution in [0.25, 0.3) is 11.1 Å². The Hall–Kier alpha value is -3.61. The molecule has 0 fully saturated rings. The number of allylic oxidation sites excluding steroid dienone is 1. The Morgan fingerprint density at radius 2 is 1.83 bits per heavy atom. The molecule has 1 amide bonds. The highest BCUT2D eigenvalue weighted by Crippen LogP contribution is 2.46. The van der Waals surface area contributed by atoms with E-state index in [2.05, 4.69) is 47.8 Å². The van der Waals surface area contributed by atoms with Gasteiger partial charge in [-0.3, -0.25) is 4.79 Å². The van der Waals surface area contributed by atoms with E-state index >= 15 is 0 Å². The molecule has 1 aliphatic heterocycles. The van der Waals surface area contributed by atoms with E-state index in [-0.39, 0.29) is 30.0 Å². The molecular weight excluding hydrogens is 454 g/mol. The van der Waals surface area contributed by atoms with Crippen LogP contribution in [0.2, 0.25) is 0 Å². The van der Waals surface area contributed by atoms with Crippen molar-refractivity contribution in [1.29, 1.82) is 0 Å². The van der Waals surface area contributed by atoms with Gasteiger partial charge in [-0.2, -0.15) is 0 Å². The SMILES string of the molecule is CCO[C@@H]1OC(C(=O)Nc2ccccc2O)=C[C@H](c2cccc3c2Cc2ccccc2-3)[C@@H]1CCCO. The van der Waals surface area contributed by atoms with Crippen molar-refractivity contribution < 1.29 is 24.5 Å². The van der Waals surface area contributed by atoms with E-state index in [0.717, 1.165) is 12.0 Å². The van der Waals surface area contributed by atoms with Crippen LogP contribution in [0, 0.1) is 5.92 Å². The quantitative estimate of drug-likeness (QED) is 0.293. The number of anilines is 1. The fourth-order valence-corrected chi connectivity index (χ4v) is 5.38. The molecule has 36 heavy (non-hydrogen) atoms. The predicted octanol–water partition coefficient (Wildman–Crippen LogP) is 5.35. The number of carbonyl (C=O) groups is 1. The van der Waals surface area contributed by atoms with Gasteiger partial charge < -0.3 is 25.0 Å². The van der Waals surface area contributed by atoms with Crippen LogP contribution in [0.3, 0.4) is 0 Å². The Balaban J connectivity index is 1.56. The molecule has 186 valence electrons. The maximum Gasteiger partial charge on any atom is 0.290 e. The maximum absolute atomic E-state index is 13.3. The van der Waals surface area contributed by atoms with Crippen molar-refractivity contribution >= 4 is 11.6 Å². The number of phenolic OH excluding ortho intramolecular Hbond substituents is 1. The zero-order chi connectivity index (χ0) is 25.1. The summed E-state index contributed by atoms with van der Waals surface area (Å²) in [4.78, 5) is 13.3. The van der Waals surface area contributed by atoms with Gasteiger partial charge in [0.05, 0.1) is 5.69 Å². The molecule has 0 aromatic heterocycles. The topological polar surface area (TPSA) is 88.0 Å². The van der Waals surface area contributed by atoms with E-state index in [9.17, 15) is 15.0 Å². The number of carbonyl (C=O) groups excluding carboxylic acids is 1. The lowest BCUT2D eigenvalue weighted by molar-refractivity contribution is -0.165. The zero-order valence-corrected chi connectivity index (χ0v) is 20.3. The van der Waals surface area contributed by atoms with Gasteiger partial charge in [0, 0.05) is 25.0 Å². The van der Waals surface area contributed by atoms with E-state index in [0.29, 0.717) is 25.1 Å². The third kappa shape index (κ3) is 4.62.